The molecule has 22 heavy (non-hydrogen) atoms. The van der Waals surface area contributed by atoms with Gasteiger partial charge in [0.25, 0.3) is 0 Å². The molecule has 0 saturated carbocycles. The molecule has 0 amide bonds. The van der Waals surface area contributed by atoms with Crippen molar-refractivity contribution in [2.45, 2.75) is 33.4 Å². The lowest BCUT2D eigenvalue weighted by molar-refractivity contribution is 0.325. The minimum atomic E-state index is 0.0630. The topological polar surface area (TPSA) is 72.3 Å². The lowest BCUT2D eigenvalue weighted by atomic mass is 10.1. The van der Waals surface area contributed by atoms with Crippen LogP contribution in [0.2, 0.25) is 0 Å². The third-order valence-electron chi connectivity index (χ3n) is 3.81. The Hall–Kier alpha value is -2.63. The van der Waals surface area contributed by atoms with Gasteiger partial charge in [-0.15, -0.1) is 0 Å². The van der Waals surface area contributed by atoms with E-state index in [0.717, 1.165) is 17.1 Å². The van der Waals surface area contributed by atoms with Crippen molar-refractivity contribution in [2.75, 3.05) is 0 Å². The second-order valence-electron chi connectivity index (χ2n) is 5.60. The van der Waals surface area contributed by atoms with Gasteiger partial charge in [0.2, 0.25) is 0 Å². The second-order valence-corrected chi connectivity index (χ2v) is 5.60. The summed E-state index contributed by atoms with van der Waals surface area (Å²) >= 11 is 0. The highest BCUT2D eigenvalue weighted by molar-refractivity contribution is 5.90. The summed E-state index contributed by atoms with van der Waals surface area (Å²) in [5.74, 6) is 1.30. The predicted molar refractivity (Wildman–Crippen MR) is 86.0 cm³/mol. The number of nitrogens with zero attached hydrogens (tertiary/aromatic N) is 5. The predicted octanol–water partition coefficient (Wildman–Crippen LogP) is 1.80. The molecule has 6 heteroatoms. The summed E-state index contributed by atoms with van der Waals surface area (Å²) in [7, 11) is 0. The highest BCUT2D eigenvalue weighted by atomic mass is 15.3. The van der Waals surface area contributed by atoms with Crippen molar-refractivity contribution in [1.29, 1.82) is 0 Å². The SMILES string of the molecule is Cc1cnn(C2=NC(N)=CN(Cc3ncccc3C)C2C)c1. The maximum absolute atomic E-state index is 5.98. The number of aryl methyl sites for hydroxylation is 2. The summed E-state index contributed by atoms with van der Waals surface area (Å²) < 4.78 is 1.79. The lowest BCUT2D eigenvalue weighted by Crippen LogP contribution is -2.42. The van der Waals surface area contributed by atoms with Crippen LogP contribution in [-0.2, 0) is 6.54 Å². The number of pyridine rings is 1. The Morgan fingerprint density at radius 1 is 1.32 bits per heavy atom. The van der Waals surface area contributed by atoms with Crippen molar-refractivity contribution in [1.82, 2.24) is 19.7 Å². The number of aromatic nitrogens is 3. The first-order chi connectivity index (χ1) is 10.5. The second kappa shape index (κ2) is 5.63. The van der Waals surface area contributed by atoms with E-state index in [2.05, 4.69) is 39.9 Å². The van der Waals surface area contributed by atoms with Gasteiger partial charge in [0.1, 0.15) is 5.82 Å². The van der Waals surface area contributed by atoms with Gasteiger partial charge in [-0.3, -0.25) is 4.98 Å². The largest absolute Gasteiger partial charge is 0.382 e. The number of hydrogen-bond donors (Lipinski definition) is 1. The van der Waals surface area contributed by atoms with Crippen LogP contribution in [0.1, 0.15) is 23.7 Å². The molecular weight excluding hydrogens is 276 g/mol. The van der Waals surface area contributed by atoms with Crippen LogP contribution in [0.15, 0.2) is 47.7 Å². The van der Waals surface area contributed by atoms with Gasteiger partial charge < -0.3 is 10.6 Å². The maximum Gasteiger partial charge on any atom is 0.154 e. The number of aliphatic imine (C=N–C) groups is 1. The van der Waals surface area contributed by atoms with Gasteiger partial charge in [-0.2, -0.15) is 5.10 Å². The Kier molecular flexibility index (Phi) is 3.66. The van der Waals surface area contributed by atoms with E-state index in [1.54, 1.807) is 4.68 Å². The zero-order valence-corrected chi connectivity index (χ0v) is 13.1. The van der Waals surface area contributed by atoms with E-state index in [0.29, 0.717) is 12.4 Å². The standard InChI is InChI=1S/C16H20N6/c1-11-7-19-22(8-11)16-13(3)21(10-15(17)20-16)9-14-12(2)5-4-6-18-14/h4-8,10,13H,9,17H2,1-3H3. The maximum atomic E-state index is 5.98. The van der Waals surface area contributed by atoms with Gasteiger partial charge >= 0.3 is 0 Å². The van der Waals surface area contributed by atoms with Gasteiger partial charge in [0, 0.05) is 18.6 Å². The van der Waals surface area contributed by atoms with Gasteiger partial charge in [-0.1, -0.05) is 6.07 Å². The third kappa shape index (κ3) is 2.72. The molecule has 0 fully saturated rings. The number of hydrogen-bond acceptors (Lipinski definition) is 5. The first-order valence-corrected chi connectivity index (χ1v) is 7.28. The Morgan fingerprint density at radius 2 is 2.14 bits per heavy atom. The van der Waals surface area contributed by atoms with Crippen molar-refractivity contribution < 1.29 is 0 Å². The number of nitrogens with two attached hydrogens (primary N) is 1. The quantitative estimate of drug-likeness (QED) is 0.917. The normalized spacial score (nSPS) is 18.1. The molecule has 1 aliphatic rings. The van der Waals surface area contributed by atoms with E-state index in [-0.39, 0.29) is 6.04 Å². The molecule has 1 atom stereocenters. The highest BCUT2D eigenvalue weighted by Crippen LogP contribution is 2.17. The van der Waals surface area contributed by atoms with Crippen molar-refractivity contribution in [3.8, 4) is 0 Å². The Bertz CT molecular complexity index is 743. The fraction of sp³-hybridized carbons (Fsp3) is 0.312. The first kappa shape index (κ1) is 14.3. The number of rotatable bonds is 2. The van der Waals surface area contributed by atoms with E-state index >= 15 is 0 Å². The third-order valence-corrected chi connectivity index (χ3v) is 3.81. The van der Waals surface area contributed by atoms with E-state index in [1.165, 1.54) is 5.56 Å². The van der Waals surface area contributed by atoms with E-state index < -0.39 is 0 Å². The molecule has 2 aromatic heterocycles. The average molecular weight is 296 g/mol. The molecule has 1 aliphatic heterocycles. The highest BCUT2D eigenvalue weighted by Gasteiger charge is 2.24. The van der Waals surface area contributed by atoms with Crippen LogP contribution >= 0.6 is 0 Å². The molecule has 0 spiro atoms. The molecule has 6 nitrogen and oxygen atoms in total. The van der Waals surface area contributed by atoms with Crippen molar-refractivity contribution in [3.05, 3.63) is 59.6 Å². The van der Waals surface area contributed by atoms with Crippen molar-refractivity contribution in [2.24, 2.45) is 10.7 Å². The smallest absolute Gasteiger partial charge is 0.154 e. The summed E-state index contributed by atoms with van der Waals surface area (Å²) in [6.07, 6.45) is 7.46. The van der Waals surface area contributed by atoms with E-state index in [1.807, 2.05) is 37.8 Å². The van der Waals surface area contributed by atoms with Crippen LogP contribution in [0.25, 0.3) is 0 Å². The molecule has 2 N–H and O–H groups in total. The summed E-state index contributed by atoms with van der Waals surface area (Å²) in [5.41, 5.74) is 9.28. The van der Waals surface area contributed by atoms with Crippen LogP contribution in [0, 0.1) is 13.8 Å². The zero-order valence-electron chi connectivity index (χ0n) is 13.1. The molecule has 114 valence electrons. The molecule has 3 heterocycles. The van der Waals surface area contributed by atoms with Gasteiger partial charge in [0.05, 0.1) is 24.5 Å². The zero-order chi connectivity index (χ0) is 15.7. The molecular formula is C16H20N6. The van der Waals surface area contributed by atoms with Crippen LogP contribution < -0.4 is 5.73 Å². The van der Waals surface area contributed by atoms with Crippen LogP contribution in [-0.4, -0.2) is 31.5 Å². The van der Waals surface area contributed by atoms with Crippen LogP contribution in [0.4, 0.5) is 0 Å². The molecule has 1 unspecified atom stereocenters. The minimum Gasteiger partial charge on any atom is -0.382 e. The van der Waals surface area contributed by atoms with Crippen LogP contribution in [0.5, 0.6) is 0 Å². The van der Waals surface area contributed by atoms with Crippen molar-refractivity contribution in [3.63, 3.8) is 0 Å². The summed E-state index contributed by atoms with van der Waals surface area (Å²) in [5, 5.41) is 4.34. The molecule has 0 bridgehead atoms. The summed E-state index contributed by atoms with van der Waals surface area (Å²) in [6, 6.07) is 4.07. The fourth-order valence-corrected chi connectivity index (χ4v) is 2.50. The van der Waals surface area contributed by atoms with Crippen molar-refractivity contribution >= 4 is 5.84 Å². The molecule has 3 rings (SSSR count). The van der Waals surface area contributed by atoms with E-state index in [9.17, 15) is 0 Å². The Labute approximate surface area is 130 Å². The molecule has 0 aliphatic carbocycles. The van der Waals surface area contributed by atoms with E-state index in [4.69, 9.17) is 5.73 Å². The monoisotopic (exact) mass is 296 g/mol. The molecule has 0 aromatic carbocycles. The minimum absolute atomic E-state index is 0.0630. The summed E-state index contributed by atoms with van der Waals surface area (Å²) in [6.45, 7) is 6.85. The molecule has 0 saturated heterocycles. The first-order valence-electron chi connectivity index (χ1n) is 7.28. The molecule has 0 radical (unpaired) electrons. The lowest BCUT2D eigenvalue weighted by Gasteiger charge is -2.32. The fourth-order valence-electron chi connectivity index (χ4n) is 2.50. The Morgan fingerprint density at radius 3 is 2.82 bits per heavy atom. The van der Waals surface area contributed by atoms with Crippen LogP contribution in [0.3, 0.4) is 0 Å². The van der Waals surface area contributed by atoms with Gasteiger partial charge in [0.15, 0.2) is 5.84 Å². The van der Waals surface area contributed by atoms with Gasteiger partial charge in [-0.05, 0) is 38.0 Å². The van der Waals surface area contributed by atoms with Gasteiger partial charge in [-0.25, -0.2) is 9.67 Å². The summed E-state index contributed by atoms with van der Waals surface area (Å²) in [4.78, 5) is 11.1. The molecule has 2 aromatic rings. The average Bonchev–Trinajstić information content (AvgIpc) is 2.91. The Balaban J connectivity index is 1.88.